The Balaban J connectivity index is 2.14. The fraction of sp³-hybridized carbons (Fsp3) is 0.250. The van der Waals surface area contributed by atoms with Crippen molar-refractivity contribution >= 4 is 28.9 Å². The summed E-state index contributed by atoms with van der Waals surface area (Å²) < 4.78 is 6.06. The molecule has 2 N–H and O–H groups in total. The van der Waals surface area contributed by atoms with Crippen molar-refractivity contribution in [3.05, 3.63) is 46.4 Å². The van der Waals surface area contributed by atoms with Gasteiger partial charge in [-0.1, -0.05) is 41.4 Å². The van der Waals surface area contributed by atoms with Crippen LogP contribution in [0.5, 0.6) is 5.75 Å². The number of hydrogen-bond acceptors (Lipinski definition) is 3. The molecule has 0 aliphatic carbocycles. The summed E-state index contributed by atoms with van der Waals surface area (Å²) >= 11 is 12.3. The normalized spacial score (nSPS) is 17.3. The zero-order valence-corrected chi connectivity index (χ0v) is 13.2. The highest BCUT2D eigenvalue weighted by molar-refractivity contribution is 6.36. The molecule has 0 spiro atoms. The average molecular weight is 323 g/mol. The number of nitrogens with zero attached hydrogens (tertiary/aromatic N) is 1. The van der Waals surface area contributed by atoms with Gasteiger partial charge in [0.15, 0.2) is 5.75 Å². The number of hydrogen-bond donors (Lipinski definition) is 1. The minimum Gasteiger partial charge on any atom is -0.484 e. The number of nitrogens with two attached hydrogens (primary N) is 1. The van der Waals surface area contributed by atoms with Crippen molar-refractivity contribution in [2.75, 3.05) is 25.0 Å². The fourth-order valence-corrected chi connectivity index (χ4v) is 3.11. The minimum absolute atomic E-state index is 0.0188. The van der Waals surface area contributed by atoms with Gasteiger partial charge in [-0.15, -0.1) is 0 Å². The molecule has 1 atom stereocenters. The van der Waals surface area contributed by atoms with Gasteiger partial charge in [0, 0.05) is 29.7 Å². The van der Waals surface area contributed by atoms with Gasteiger partial charge in [0.25, 0.3) is 0 Å². The number of halogens is 2. The first-order valence-electron chi connectivity index (χ1n) is 6.76. The first-order valence-corrected chi connectivity index (χ1v) is 7.52. The maximum absolute atomic E-state index is 6.33. The van der Waals surface area contributed by atoms with E-state index in [0.29, 0.717) is 16.6 Å². The Morgan fingerprint density at radius 1 is 1.24 bits per heavy atom. The van der Waals surface area contributed by atoms with E-state index in [9.17, 15) is 0 Å². The molecule has 0 radical (unpaired) electrons. The Bertz CT molecular complexity index is 675. The third-order valence-corrected chi connectivity index (χ3v) is 4.20. The lowest BCUT2D eigenvalue weighted by molar-refractivity contribution is 0.205. The third-order valence-electron chi connectivity index (χ3n) is 3.65. The van der Waals surface area contributed by atoms with Crippen LogP contribution < -0.4 is 15.4 Å². The zero-order chi connectivity index (χ0) is 15.0. The monoisotopic (exact) mass is 322 g/mol. The molecule has 0 amide bonds. The molecule has 1 heterocycles. The van der Waals surface area contributed by atoms with Crippen LogP contribution in [0.15, 0.2) is 36.4 Å². The van der Waals surface area contributed by atoms with Crippen molar-refractivity contribution < 1.29 is 4.74 Å². The molecule has 2 aromatic carbocycles. The maximum Gasteiger partial charge on any atom is 0.151 e. The Hall–Kier alpha value is -1.42. The van der Waals surface area contributed by atoms with Crippen LogP contribution in [0.25, 0.3) is 11.1 Å². The topological polar surface area (TPSA) is 38.5 Å². The summed E-state index contributed by atoms with van der Waals surface area (Å²) in [7, 11) is 2.04. The number of anilines is 1. The molecule has 0 unspecified atom stereocenters. The van der Waals surface area contributed by atoms with Crippen LogP contribution in [-0.2, 0) is 0 Å². The molecule has 5 heteroatoms. The number of rotatable bonds is 2. The molecule has 21 heavy (non-hydrogen) atoms. The summed E-state index contributed by atoms with van der Waals surface area (Å²) in [5.74, 6) is 0.825. The van der Waals surface area contributed by atoms with Gasteiger partial charge in [-0.05, 0) is 18.2 Å². The van der Waals surface area contributed by atoms with Crippen LogP contribution in [0.1, 0.15) is 0 Å². The van der Waals surface area contributed by atoms with Gasteiger partial charge in [0.1, 0.15) is 6.10 Å². The molecule has 0 fully saturated rings. The van der Waals surface area contributed by atoms with E-state index in [1.165, 1.54) is 0 Å². The van der Waals surface area contributed by atoms with Crippen molar-refractivity contribution in [2.45, 2.75) is 6.10 Å². The molecule has 1 aliphatic heterocycles. The number of ether oxygens (including phenoxy) is 1. The van der Waals surface area contributed by atoms with Crippen LogP contribution >= 0.6 is 23.2 Å². The van der Waals surface area contributed by atoms with Gasteiger partial charge in [-0.25, -0.2) is 0 Å². The van der Waals surface area contributed by atoms with E-state index in [1.807, 2.05) is 37.4 Å². The largest absolute Gasteiger partial charge is 0.484 e. The molecule has 0 saturated carbocycles. The Labute approximate surface area is 134 Å². The Morgan fingerprint density at radius 3 is 2.76 bits per heavy atom. The Morgan fingerprint density at radius 2 is 2.05 bits per heavy atom. The van der Waals surface area contributed by atoms with Gasteiger partial charge in [-0.3, -0.25) is 0 Å². The predicted octanol–water partition coefficient (Wildman–Crippen LogP) is 3.82. The van der Waals surface area contributed by atoms with Crippen molar-refractivity contribution in [3.63, 3.8) is 0 Å². The molecule has 0 bridgehead atoms. The van der Waals surface area contributed by atoms with Crippen LogP contribution in [-0.4, -0.2) is 26.2 Å². The molecule has 1 aliphatic rings. The third kappa shape index (κ3) is 2.69. The molecule has 3 nitrogen and oxygen atoms in total. The van der Waals surface area contributed by atoms with E-state index in [0.717, 1.165) is 29.1 Å². The highest BCUT2D eigenvalue weighted by Crippen LogP contribution is 2.43. The summed E-state index contributed by atoms with van der Waals surface area (Å²) in [4.78, 5) is 2.16. The second-order valence-electron chi connectivity index (χ2n) is 5.13. The first kappa shape index (κ1) is 14.5. The highest BCUT2D eigenvalue weighted by atomic mass is 35.5. The summed E-state index contributed by atoms with van der Waals surface area (Å²) in [6.07, 6.45) is -0.0188. The smallest absolute Gasteiger partial charge is 0.151 e. The van der Waals surface area contributed by atoms with Crippen LogP contribution in [0.4, 0.5) is 5.69 Å². The van der Waals surface area contributed by atoms with E-state index in [-0.39, 0.29) is 6.10 Å². The maximum atomic E-state index is 6.33. The lowest BCUT2D eigenvalue weighted by Crippen LogP contribution is -2.42. The van der Waals surface area contributed by atoms with Crippen molar-refractivity contribution in [3.8, 4) is 16.9 Å². The van der Waals surface area contributed by atoms with Gasteiger partial charge in [-0.2, -0.15) is 0 Å². The first-order chi connectivity index (χ1) is 10.1. The quantitative estimate of drug-likeness (QED) is 0.913. The van der Waals surface area contributed by atoms with Crippen molar-refractivity contribution in [1.82, 2.24) is 0 Å². The predicted molar refractivity (Wildman–Crippen MR) is 88.6 cm³/mol. The lowest BCUT2D eigenvalue weighted by Gasteiger charge is -2.34. The van der Waals surface area contributed by atoms with Crippen molar-refractivity contribution in [2.24, 2.45) is 5.73 Å². The molecule has 3 rings (SSSR count). The van der Waals surface area contributed by atoms with Gasteiger partial charge >= 0.3 is 0 Å². The van der Waals surface area contributed by atoms with Crippen LogP contribution in [0.2, 0.25) is 10.0 Å². The second kappa shape index (κ2) is 5.76. The number of benzene rings is 2. The highest BCUT2D eigenvalue weighted by Gasteiger charge is 2.25. The van der Waals surface area contributed by atoms with E-state index < -0.39 is 0 Å². The lowest BCUT2D eigenvalue weighted by atomic mass is 10.0. The van der Waals surface area contributed by atoms with Crippen LogP contribution in [0.3, 0.4) is 0 Å². The van der Waals surface area contributed by atoms with E-state index in [1.54, 1.807) is 6.07 Å². The van der Waals surface area contributed by atoms with E-state index >= 15 is 0 Å². The summed E-state index contributed by atoms with van der Waals surface area (Å²) in [6.45, 7) is 1.26. The van der Waals surface area contributed by atoms with Crippen LogP contribution in [0, 0.1) is 0 Å². The number of para-hydroxylation sites is 1. The van der Waals surface area contributed by atoms with Gasteiger partial charge in [0.05, 0.1) is 17.3 Å². The molecular weight excluding hydrogens is 307 g/mol. The molecule has 0 aromatic heterocycles. The fourth-order valence-electron chi connectivity index (χ4n) is 2.60. The van der Waals surface area contributed by atoms with Gasteiger partial charge in [0.2, 0.25) is 0 Å². The van der Waals surface area contributed by atoms with E-state index in [2.05, 4.69) is 4.90 Å². The van der Waals surface area contributed by atoms with Gasteiger partial charge < -0.3 is 15.4 Å². The zero-order valence-electron chi connectivity index (χ0n) is 11.6. The molecule has 110 valence electrons. The summed E-state index contributed by atoms with van der Waals surface area (Å²) in [5.41, 5.74) is 8.67. The summed E-state index contributed by atoms with van der Waals surface area (Å²) in [6, 6.07) is 11.5. The molecule has 0 saturated heterocycles. The minimum atomic E-state index is -0.0188. The standard InChI is InChI=1S/C16H16Cl2N2O/c1-20-9-11(8-19)21-16-13(3-2-4-15(16)20)12-6-5-10(17)7-14(12)18/h2-7,11H,8-9,19H2,1H3/t11-/m1/s1. The molecular formula is C16H16Cl2N2O. The second-order valence-corrected chi connectivity index (χ2v) is 5.98. The number of fused-ring (bicyclic) bond motifs is 1. The summed E-state index contributed by atoms with van der Waals surface area (Å²) in [5, 5.41) is 1.23. The Kier molecular flexibility index (Phi) is 3.98. The molecule has 2 aromatic rings. The average Bonchev–Trinajstić information content (AvgIpc) is 2.47. The number of likely N-dealkylation sites (N-methyl/N-ethyl adjacent to an activating group) is 1. The van der Waals surface area contributed by atoms with Crippen molar-refractivity contribution in [1.29, 1.82) is 0 Å². The van der Waals surface area contributed by atoms with E-state index in [4.69, 9.17) is 33.7 Å². The SMILES string of the molecule is CN1C[C@@H](CN)Oc2c(-c3ccc(Cl)cc3Cl)cccc21.